The van der Waals surface area contributed by atoms with Crippen molar-refractivity contribution in [3.63, 3.8) is 0 Å². The lowest BCUT2D eigenvalue weighted by atomic mass is 10.0. The molecule has 0 saturated heterocycles. The number of Topliss-reactive ketones (excluding diaryl/α,β-unsaturated/α-hetero) is 1. The van der Waals surface area contributed by atoms with Crippen LogP contribution in [0.5, 0.6) is 5.75 Å². The zero-order chi connectivity index (χ0) is 10.7. The molecule has 0 heterocycles. The number of nitrogens with one attached hydrogen (secondary N) is 1. The Morgan fingerprint density at radius 2 is 2.21 bits per heavy atom. The van der Waals surface area contributed by atoms with Crippen molar-refractivity contribution in [3.8, 4) is 5.75 Å². The highest BCUT2D eigenvalue weighted by Gasteiger charge is 2.15. The molecule has 0 aliphatic carbocycles. The molecule has 0 amide bonds. The van der Waals surface area contributed by atoms with Crippen molar-refractivity contribution >= 4 is 17.4 Å². The second kappa shape index (κ2) is 4.44. The largest absolute Gasteiger partial charge is 0.507 e. The number of phenolic OH excluding ortho intramolecular Hbond substituents is 1. The predicted molar refractivity (Wildman–Crippen MR) is 56.1 cm³/mol. The molecule has 76 valence electrons. The first-order valence-electron chi connectivity index (χ1n) is 4.23. The molecule has 0 aromatic heterocycles. The third-order valence-electron chi connectivity index (χ3n) is 1.99. The van der Waals surface area contributed by atoms with E-state index in [1.807, 2.05) is 0 Å². The van der Waals surface area contributed by atoms with Crippen LogP contribution >= 0.6 is 11.6 Å². The van der Waals surface area contributed by atoms with E-state index in [0.717, 1.165) is 0 Å². The van der Waals surface area contributed by atoms with Gasteiger partial charge < -0.3 is 10.4 Å². The Balaban J connectivity index is 3.18. The van der Waals surface area contributed by atoms with E-state index >= 15 is 0 Å². The summed E-state index contributed by atoms with van der Waals surface area (Å²) in [6.45, 7) is 1.90. The van der Waals surface area contributed by atoms with Crippen LogP contribution in [0.3, 0.4) is 0 Å². The quantitative estimate of drug-likeness (QED) is 0.753. The third kappa shape index (κ3) is 2.05. The van der Waals surface area contributed by atoms with Gasteiger partial charge in [0.15, 0.2) is 5.78 Å². The number of hydrogen-bond donors (Lipinski definition) is 2. The SMILES string of the molecule is CNCC(=O)c1c(O)ccc(Cl)c1C. The van der Waals surface area contributed by atoms with Crippen molar-refractivity contribution in [1.29, 1.82) is 0 Å². The lowest BCUT2D eigenvalue weighted by Crippen LogP contribution is -2.19. The maximum atomic E-state index is 11.6. The zero-order valence-corrected chi connectivity index (χ0v) is 8.85. The highest BCUT2D eigenvalue weighted by molar-refractivity contribution is 6.32. The lowest BCUT2D eigenvalue weighted by molar-refractivity contribution is 0.0990. The monoisotopic (exact) mass is 213 g/mol. The standard InChI is InChI=1S/C10H12ClNO2/c1-6-7(11)3-4-8(13)10(6)9(14)5-12-2/h3-4,12-13H,5H2,1-2H3. The molecule has 0 radical (unpaired) electrons. The van der Waals surface area contributed by atoms with E-state index in [1.54, 1.807) is 20.0 Å². The molecule has 3 nitrogen and oxygen atoms in total. The first kappa shape index (κ1) is 11.0. The summed E-state index contributed by atoms with van der Waals surface area (Å²) in [4.78, 5) is 11.6. The van der Waals surface area contributed by atoms with Gasteiger partial charge in [0.1, 0.15) is 5.75 Å². The number of aromatic hydroxyl groups is 1. The average molecular weight is 214 g/mol. The van der Waals surface area contributed by atoms with Crippen LogP contribution in [0.2, 0.25) is 5.02 Å². The van der Waals surface area contributed by atoms with E-state index in [9.17, 15) is 9.90 Å². The van der Waals surface area contributed by atoms with E-state index in [-0.39, 0.29) is 18.1 Å². The Labute approximate surface area is 87.7 Å². The Kier molecular flexibility index (Phi) is 3.49. The first-order chi connectivity index (χ1) is 6.57. The predicted octanol–water partition coefficient (Wildman–Crippen LogP) is 1.76. The smallest absolute Gasteiger partial charge is 0.180 e. The molecule has 0 aliphatic heterocycles. The van der Waals surface area contributed by atoms with Crippen LogP contribution in [-0.4, -0.2) is 24.5 Å². The molecule has 0 bridgehead atoms. The minimum absolute atomic E-state index is 0.0212. The molecule has 1 rings (SSSR count). The molecular weight excluding hydrogens is 202 g/mol. The number of carbonyl (C=O) groups is 1. The Bertz CT molecular complexity index is 363. The number of carbonyl (C=O) groups excluding carboxylic acids is 1. The van der Waals surface area contributed by atoms with E-state index in [2.05, 4.69) is 5.32 Å². The summed E-state index contributed by atoms with van der Waals surface area (Å²) in [5, 5.41) is 12.7. The van der Waals surface area contributed by atoms with Crippen molar-refractivity contribution in [2.45, 2.75) is 6.92 Å². The van der Waals surface area contributed by atoms with E-state index in [0.29, 0.717) is 16.1 Å². The second-order valence-corrected chi connectivity index (χ2v) is 3.43. The van der Waals surface area contributed by atoms with Crippen LogP contribution in [0.25, 0.3) is 0 Å². The van der Waals surface area contributed by atoms with Gasteiger partial charge in [0.05, 0.1) is 12.1 Å². The van der Waals surface area contributed by atoms with Gasteiger partial charge in [-0.2, -0.15) is 0 Å². The van der Waals surface area contributed by atoms with E-state index in [4.69, 9.17) is 11.6 Å². The summed E-state index contributed by atoms with van der Waals surface area (Å²) in [5.74, 6) is -0.183. The minimum Gasteiger partial charge on any atom is -0.507 e. The van der Waals surface area contributed by atoms with Gasteiger partial charge in [-0.1, -0.05) is 11.6 Å². The molecule has 0 aliphatic rings. The van der Waals surface area contributed by atoms with Crippen molar-refractivity contribution < 1.29 is 9.90 Å². The molecule has 1 aromatic rings. The van der Waals surface area contributed by atoms with Crippen LogP contribution in [-0.2, 0) is 0 Å². The Morgan fingerprint density at radius 3 is 2.79 bits per heavy atom. The van der Waals surface area contributed by atoms with Crippen LogP contribution in [0.1, 0.15) is 15.9 Å². The fourth-order valence-electron chi connectivity index (χ4n) is 1.27. The van der Waals surface area contributed by atoms with E-state index < -0.39 is 0 Å². The normalized spacial score (nSPS) is 10.2. The molecule has 0 spiro atoms. The van der Waals surface area contributed by atoms with Crippen LogP contribution in [0.4, 0.5) is 0 Å². The van der Waals surface area contributed by atoms with Gasteiger partial charge in [0.25, 0.3) is 0 Å². The van der Waals surface area contributed by atoms with Crippen LogP contribution in [0.15, 0.2) is 12.1 Å². The zero-order valence-electron chi connectivity index (χ0n) is 8.10. The molecule has 14 heavy (non-hydrogen) atoms. The number of hydrogen-bond acceptors (Lipinski definition) is 3. The molecule has 4 heteroatoms. The fourth-order valence-corrected chi connectivity index (χ4v) is 1.43. The van der Waals surface area contributed by atoms with Crippen molar-refractivity contribution in [2.24, 2.45) is 0 Å². The molecule has 1 aromatic carbocycles. The van der Waals surface area contributed by atoms with Gasteiger partial charge >= 0.3 is 0 Å². The number of rotatable bonds is 3. The lowest BCUT2D eigenvalue weighted by Gasteiger charge is -2.08. The second-order valence-electron chi connectivity index (χ2n) is 3.02. The fraction of sp³-hybridized carbons (Fsp3) is 0.300. The number of likely N-dealkylation sites (N-methyl/N-ethyl adjacent to an activating group) is 1. The van der Waals surface area contributed by atoms with Crippen molar-refractivity contribution in [1.82, 2.24) is 5.32 Å². The van der Waals surface area contributed by atoms with Gasteiger partial charge in [-0.05, 0) is 31.7 Å². The molecule has 0 saturated carbocycles. The highest BCUT2D eigenvalue weighted by Crippen LogP contribution is 2.27. The number of halogens is 1. The van der Waals surface area contributed by atoms with Gasteiger partial charge in [-0.25, -0.2) is 0 Å². The molecule has 0 unspecified atom stereocenters. The summed E-state index contributed by atoms with van der Waals surface area (Å²) in [7, 11) is 1.68. The van der Waals surface area contributed by atoms with Gasteiger partial charge in [-0.3, -0.25) is 4.79 Å². The molecular formula is C10H12ClNO2. The molecule has 0 atom stereocenters. The third-order valence-corrected chi connectivity index (χ3v) is 2.40. The number of ketones is 1. The Hall–Kier alpha value is -1.06. The topological polar surface area (TPSA) is 49.3 Å². The number of phenols is 1. The van der Waals surface area contributed by atoms with Gasteiger partial charge in [0.2, 0.25) is 0 Å². The van der Waals surface area contributed by atoms with Gasteiger partial charge in [0, 0.05) is 5.02 Å². The highest BCUT2D eigenvalue weighted by atomic mass is 35.5. The van der Waals surface area contributed by atoms with Crippen LogP contribution in [0, 0.1) is 6.92 Å². The van der Waals surface area contributed by atoms with Crippen LogP contribution < -0.4 is 5.32 Å². The summed E-state index contributed by atoms with van der Waals surface area (Å²) in [6, 6.07) is 3.00. The minimum atomic E-state index is -0.162. The summed E-state index contributed by atoms with van der Waals surface area (Å²) in [6.07, 6.45) is 0. The first-order valence-corrected chi connectivity index (χ1v) is 4.61. The average Bonchev–Trinajstić information content (AvgIpc) is 2.13. The number of benzene rings is 1. The maximum absolute atomic E-state index is 11.6. The van der Waals surface area contributed by atoms with Crippen molar-refractivity contribution in [2.75, 3.05) is 13.6 Å². The molecule has 0 fully saturated rings. The van der Waals surface area contributed by atoms with Crippen molar-refractivity contribution in [3.05, 3.63) is 28.3 Å². The van der Waals surface area contributed by atoms with E-state index in [1.165, 1.54) is 6.07 Å². The summed E-state index contributed by atoms with van der Waals surface area (Å²) in [5.41, 5.74) is 0.916. The summed E-state index contributed by atoms with van der Waals surface area (Å²) < 4.78 is 0. The molecule has 2 N–H and O–H groups in total. The Morgan fingerprint density at radius 1 is 1.57 bits per heavy atom. The van der Waals surface area contributed by atoms with Gasteiger partial charge in [-0.15, -0.1) is 0 Å². The summed E-state index contributed by atoms with van der Waals surface area (Å²) >= 11 is 5.85. The maximum Gasteiger partial charge on any atom is 0.180 e.